The molecular formula is C19H21N3O2S2. The van der Waals surface area contributed by atoms with Gasteiger partial charge in [-0.25, -0.2) is 4.98 Å². The van der Waals surface area contributed by atoms with E-state index in [9.17, 15) is 9.59 Å². The zero-order chi connectivity index (χ0) is 18.8. The fourth-order valence-electron chi connectivity index (χ4n) is 2.66. The van der Waals surface area contributed by atoms with E-state index in [1.54, 1.807) is 0 Å². The average molecular weight is 388 g/mol. The van der Waals surface area contributed by atoms with E-state index in [1.165, 1.54) is 23.1 Å². The molecule has 3 aromatic rings. The lowest BCUT2D eigenvalue weighted by molar-refractivity contribution is -0.113. The zero-order valence-corrected chi connectivity index (χ0v) is 16.9. The molecule has 0 atom stereocenters. The first-order valence-electron chi connectivity index (χ1n) is 8.29. The quantitative estimate of drug-likeness (QED) is 0.691. The third kappa shape index (κ3) is 3.99. The summed E-state index contributed by atoms with van der Waals surface area (Å²) in [6, 6.07) is 5.98. The predicted molar refractivity (Wildman–Crippen MR) is 110 cm³/mol. The molecule has 2 aromatic heterocycles. The minimum atomic E-state index is -0.104. The molecule has 136 valence electrons. The third-order valence-electron chi connectivity index (χ3n) is 4.23. The van der Waals surface area contributed by atoms with Crippen LogP contribution in [0.25, 0.3) is 10.2 Å². The number of carbonyl (C=O) groups excluding carboxylic acids is 1. The van der Waals surface area contributed by atoms with Crippen LogP contribution in [0.5, 0.6) is 0 Å². The number of nitrogens with zero attached hydrogens (tertiary/aromatic N) is 1. The molecule has 7 heteroatoms. The van der Waals surface area contributed by atoms with Crippen molar-refractivity contribution in [3.8, 4) is 0 Å². The van der Waals surface area contributed by atoms with Crippen LogP contribution < -0.4 is 10.9 Å². The number of benzene rings is 1. The van der Waals surface area contributed by atoms with Gasteiger partial charge in [0.2, 0.25) is 5.91 Å². The van der Waals surface area contributed by atoms with E-state index in [1.807, 2.05) is 45.9 Å². The average Bonchev–Trinajstić information content (AvgIpc) is 2.86. The Kier molecular flexibility index (Phi) is 5.48. The smallest absolute Gasteiger partial charge is 0.259 e. The second-order valence-electron chi connectivity index (χ2n) is 6.34. The molecule has 0 radical (unpaired) electrons. The molecule has 2 heterocycles. The van der Waals surface area contributed by atoms with Crippen molar-refractivity contribution in [2.24, 2.45) is 0 Å². The van der Waals surface area contributed by atoms with E-state index in [2.05, 4.69) is 15.3 Å². The van der Waals surface area contributed by atoms with Gasteiger partial charge >= 0.3 is 0 Å². The molecule has 2 N–H and O–H groups in total. The minimum absolute atomic E-state index is 0.0602. The van der Waals surface area contributed by atoms with Crippen LogP contribution in [0.4, 0.5) is 5.69 Å². The molecule has 3 rings (SSSR count). The van der Waals surface area contributed by atoms with Gasteiger partial charge in [-0.2, -0.15) is 0 Å². The van der Waals surface area contributed by atoms with Crippen molar-refractivity contribution < 1.29 is 4.79 Å². The molecule has 0 saturated carbocycles. The maximum Gasteiger partial charge on any atom is 0.259 e. The Balaban J connectivity index is 1.63. The predicted octanol–water partition coefficient (Wildman–Crippen LogP) is 4.09. The second kappa shape index (κ2) is 7.63. The topological polar surface area (TPSA) is 74.8 Å². The monoisotopic (exact) mass is 387 g/mol. The van der Waals surface area contributed by atoms with Crippen LogP contribution in [0.2, 0.25) is 0 Å². The van der Waals surface area contributed by atoms with Crippen LogP contribution in [0, 0.1) is 27.7 Å². The third-order valence-corrected chi connectivity index (χ3v) is 6.27. The van der Waals surface area contributed by atoms with Crippen LogP contribution in [0.1, 0.15) is 27.4 Å². The maximum absolute atomic E-state index is 12.3. The van der Waals surface area contributed by atoms with E-state index in [-0.39, 0.29) is 11.5 Å². The molecular weight excluding hydrogens is 366 g/mol. The fraction of sp³-hybridized carbons (Fsp3) is 0.316. The summed E-state index contributed by atoms with van der Waals surface area (Å²) in [4.78, 5) is 33.7. The Morgan fingerprint density at radius 3 is 2.81 bits per heavy atom. The number of aromatic nitrogens is 2. The van der Waals surface area contributed by atoms with E-state index >= 15 is 0 Å². The highest BCUT2D eigenvalue weighted by atomic mass is 32.2. The molecule has 0 aliphatic heterocycles. The van der Waals surface area contributed by atoms with Gasteiger partial charge in [-0.3, -0.25) is 9.59 Å². The van der Waals surface area contributed by atoms with Crippen molar-refractivity contribution in [3.63, 3.8) is 0 Å². The number of hydrogen-bond acceptors (Lipinski definition) is 5. The number of nitrogens with one attached hydrogen (secondary N) is 2. The van der Waals surface area contributed by atoms with Crippen LogP contribution in [0.3, 0.4) is 0 Å². The van der Waals surface area contributed by atoms with E-state index < -0.39 is 0 Å². The molecule has 1 amide bonds. The van der Waals surface area contributed by atoms with Gasteiger partial charge in [-0.1, -0.05) is 12.1 Å². The Hall–Kier alpha value is -2.12. The van der Waals surface area contributed by atoms with Gasteiger partial charge in [0.05, 0.1) is 16.9 Å². The highest BCUT2D eigenvalue weighted by Gasteiger charge is 2.12. The molecule has 0 saturated heterocycles. The van der Waals surface area contributed by atoms with Crippen molar-refractivity contribution in [2.75, 3.05) is 11.1 Å². The lowest BCUT2D eigenvalue weighted by Crippen LogP contribution is -2.16. The molecule has 0 bridgehead atoms. The summed E-state index contributed by atoms with van der Waals surface area (Å²) in [5.74, 6) is 1.34. The minimum Gasteiger partial charge on any atom is -0.325 e. The zero-order valence-electron chi connectivity index (χ0n) is 15.2. The molecule has 0 spiro atoms. The van der Waals surface area contributed by atoms with Crippen LogP contribution >= 0.6 is 23.1 Å². The van der Waals surface area contributed by atoms with Gasteiger partial charge < -0.3 is 10.3 Å². The highest BCUT2D eigenvalue weighted by molar-refractivity contribution is 7.99. The normalized spacial score (nSPS) is 11.1. The fourth-order valence-corrected chi connectivity index (χ4v) is 4.40. The first-order chi connectivity index (χ1) is 12.3. The summed E-state index contributed by atoms with van der Waals surface area (Å²) >= 11 is 2.96. The Morgan fingerprint density at radius 2 is 2.04 bits per heavy atom. The Morgan fingerprint density at radius 1 is 1.27 bits per heavy atom. The van der Waals surface area contributed by atoms with E-state index in [4.69, 9.17) is 0 Å². The maximum atomic E-state index is 12.3. The number of aryl methyl sites for hydroxylation is 4. The van der Waals surface area contributed by atoms with Crippen molar-refractivity contribution >= 4 is 44.9 Å². The van der Waals surface area contributed by atoms with E-state index in [0.717, 1.165) is 32.1 Å². The standard InChI is InChI=1S/C19H21N3O2S2/c1-10-5-6-11(2)14(7-10)20-16(23)9-25-8-15-21-18(24)17-12(3)13(4)26-19(17)22-15/h5-7H,8-9H2,1-4H3,(H,20,23)(H,21,22,24). The lowest BCUT2D eigenvalue weighted by atomic mass is 10.1. The number of anilines is 1. The van der Waals surface area contributed by atoms with Gasteiger partial charge in [0.15, 0.2) is 0 Å². The summed E-state index contributed by atoms with van der Waals surface area (Å²) in [7, 11) is 0. The number of thiophene rings is 1. The number of carbonyl (C=O) groups is 1. The molecule has 0 aliphatic carbocycles. The molecule has 0 fully saturated rings. The summed E-state index contributed by atoms with van der Waals surface area (Å²) in [6.07, 6.45) is 0. The van der Waals surface area contributed by atoms with Gasteiger partial charge in [0.1, 0.15) is 10.7 Å². The van der Waals surface area contributed by atoms with Crippen molar-refractivity contribution in [1.29, 1.82) is 0 Å². The number of hydrogen-bond donors (Lipinski definition) is 2. The van der Waals surface area contributed by atoms with Gasteiger partial charge in [-0.05, 0) is 50.5 Å². The van der Waals surface area contributed by atoms with Crippen molar-refractivity contribution in [2.45, 2.75) is 33.4 Å². The first-order valence-corrected chi connectivity index (χ1v) is 10.3. The molecule has 1 aromatic carbocycles. The second-order valence-corrected chi connectivity index (χ2v) is 8.52. The molecule has 26 heavy (non-hydrogen) atoms. The van der Waals surface area contributed by atoms with Crippen molar-refractivity contribution in [1.82, 2.24) is 9.97 Å². The summed E-state index contributed by atoms with van der Waals surface area (Å²) < 4.78 is 0. The van der Waals surface area contributed by atoms with Crippen molar-refractivity contribution in [3.05, 3.63) is 55.9 Å². The SMILES string of the molecule is Cc1ccc(C)c(NC(=O)CSCc2nc3sc(C)c(C)c3c(=O)[nH]2)c1. The number of aromatic amines is 1. The van der Waals surface area contributed by atoms with Gasteiger partial charge in [0.25, 0.3) is 5.56 Å². The largest absolute Gasteiger partial charge is 0.325 e. The Labute approximate surface area is 160 Å². The van der Waals surface area contributed by atoms with Crippen LogP contribution in [0.15, 0.2) is 23.0 Å². The summed E-state index contributed by atoms with van der Waals surface area (Å²) in [6.45, 7) is 7.90. The van der Waals surface area contributed by atoms with Gasteiger partial charge in [-0.15, -0.1) is 23.1 Å². The Bertz CT molecular complexity index is 1040. The number of fused-ring (bicyclic) bond motifs is 1. The number of H-pyrrole nitrogens is 1. The van der Waals surface area contributed by atoms with E-state index in [0.29, 0.717) is 22.7 Å². The van der Waals surface area contributed by atoms with Crippen LogP contribution in [-0.4, -0.2) is 21.6 Å². The first kappa shape index (κ1) is 18.7. The van der Waals surface area contributed by atoms with Gasteiger partial charge in [0, 0.05) is 10.6 Å². The number of thioether (sulfide) groups is 1. The summed E-state index contributed by atoms with van der Waals surface area (Å²) in [5.41, 5.74) is 3.87. The number of amides is 1. The molecule has 0 aliphatic rings. The molecule has 0 unspecified atom stereocenters. The highest BCUT2D eigenvalue weighted by Crippen LogP contribution is 2.26. The lowest BCUT2D eigenvalue weighted by Gasteiger charge is -2.09. The molecule has 5 nitrogen and oxygen atoms in total. The summed E-state index contributed by atoms with van der Waals surface area (Å²) in [5, 5.41) is 3.61. The van der Waals surface area contributed by atoms with Crippen LogP contribution in [-0.2, 0) is 10.5 Å². The number of rotatable bonds is 5.